The van der Waals surface area contributed by atoms with Crippen molar-refractivity contribution in [2.24, 2.45) is 5.41 Å². The SMILES string of the molecule is [B]c1cccc2c3c(n(CCCCCC(=O)NO)c12)CC(C)(C)CC3=O. The molecule has 0 bridgehead atoms. The van der Waals surface area contributed by atoms with Crippen molar-refractivity contribution in [3.05, 3.63) is 29.5 Å². The lowest BCUT2D eigenvalue weighted by Gasteiger charge is -2.30. The molecule has 0 unspecified atom stereocenters. The van der Waals surface area contributed by atoms with E-state index in [1.54, 1.807) is 5.48 Å². The van der Waals surface area contributed by atoms with Crippen molar-refractivity contribution in [1.82, 2.24) is 10.0 Å². The molecule has 0 aliphatic heterocycles. The van der Waals surface area contributed by atoms with E-state index in [0.717, 1.165) is 48.0 Å². The summed E-state index contributed by atoms with van der Waals surface area (Å²) in [6.07, 6.45) is 4.20. The lowest BCUT2D eigenvalue weighted by atomic mass is 9.75. The predicted octanol–water partition coefficient (Wildman–Crippen LogP) is 2.66. The molecule has 3 rings (SSSR count). The molecule has 2 radical (unpaired) electrons. The first-order chi connectivity index (χ1) is 12.3. The van der Waals surface area contributed by atoms with Crippen LogP contribution in [0.3, 0.4) is 0 Å². The monoisotopic (exact) mass is 352 g/mol. The first kappa shape index (κ1) is 18.7. The van der Waals surface area contributed by atoms with Crippen LogP contribution >= 0.6 is 0 Å². The third-order valence-electron chi connectivity index (χ3n) is 5.20. The number of nitrogens with zero attached hydrogens (tertiary/aromatic N) is 1. The number of hydrogen-bond acceptors (Lipinski definition) is 3. The first-order valence-corrected chi connectivity index (χ1v) is 9.20. The average molecular weight is 352 g/mol. The quantitative estimate of drug-likeness (QED) is 0.363. The van der Waals surface area contributed by atoms with Crippen LogP contribution in [-0.2, 0) is 17.8 Å². The van der Waals surface area contributed by atoms with Gasteiger partial charge >= 0.3 is 0 Å². The largest absolute Gasteiger partial charge is 0.344 e. The van der Waals surface area contributed by atoms with Crippen LogP contribution in [0, 0.1) is 5.41 Å². The van der Waals surface area contributed by atoms with Gasteiger partial charge in [-0.3, -0.25) is 14.8 Å². The molecular formula is C20H25BN2O3. The Morgan fingerprint density at radius 3 is 2.77 bits per heavy atom. The number of Topliss-reactive ketones (excluding diaryl/α,β-unsaturated/α-hetero) is 1. The molecule has 1 heterocycles. The van der Waals surface area contributed by atoms with Crippen LogP contribution in [0.4, 0.5) is 0 Å². The van der Waals surface area contributed by atoms with Crippen molar-refractivity contribution in [1.29, 1.82) is 0 Å². The van der Waals surface area contributed by atoms with Crippen molar-refractivity contribution >= 4 is 35.9 Å². The normalized spacial score (nSPS) is 15.9. The highest BCUT2D eigenvalue weighted by atomic mass is 16.5. The van der Waals surface area contributed by atoms with Gasteiger partial charge in [0.25, 0.3) is 0 Å². The smallest absolute Gasteiger partial charge is 0.243 e. The van der Waals surface area contributed by atoms with Crippen LogP contribution in [0.2, 0.25) is 0 Å². The molecule has 5 nitrogen and oxygen atoms in total. The fourth-order valence-electron chi connectivity index (χ4n) is 4.06. The zero-order valence-electron chi connectivity index (χ0n) is 15.5. The Hall–Kier alpha value is -2.08. The number of hydrogen-bond donors (Lipinski definition) is 2. The maximum Gasteiger partial charge on any atom is 0.243 e. The molecule has 0 atom stereocenters. The number of para-hydroxylation sites is 1. The molecule has 0 saturated heterocycles. The molecule has 136 valence electrons. The molecule has 26 heavy (non-hydrogen) atoms. The lowest BCUT2D eigenvalue weighted by molar-refractivity contribution is -0.129. The van der Waals surface area contributed by atoms with Crippen molar-refractivity contribution < 1.29 is 14.8 Å². The van der Waals surface area contributed by atoms with Gasteiger partial charge in [-0.1, -0.05) is 43.9 Å². The number of fused-ring (bicyclic) bond motifs is 3. The number of carbonyl (C=O) groups is 2. The molecule has 1 aliphatic carbocycles. The zero-order chi connectivity index (χ0) is 18.9. The van der Waals surface area contributed by atoms with Crippen LogP contribution in [0.5, 0.6) is 0 Å². The standard InChI is InChI=1S/C20H25BN2O3/c1-20(2)11-15-18(16(24)12-20)13-7-6-8-14(21)19(13)23(15)10-5-3-4-9-17(25)22-26/h6-8,26H,3-5,9-12H2,1-2H3,(H,22,25). The summed E-state index contributed by atoms with van der Waals surface area (Å²) in [6, 6.07) is 5.77. The Morgan fingerprint density at radius 2 is 2.04 bits per heavy atom. The Kier molecular flexibility index (Phi) is 5.23. The Bertz CT molecular complexity index is 854. The molecule has 1 aromatic heterocycles. The third kappa shape index (κ3) is 3.56. The summed E-state index contributed by atoms with van der Waals surface area (Å²) < 4.78 is 2.21. The average Bonchev–Trinajstić information content (AvgIpc) is 2.88. The van der Waals surface area contributed by atoms with Gasteiger partial charge < -0.3 is 4.57 Å². The summed E-state index contributed by atoms with van der Waals surface area (Å²) in [4.78, 5) is 23.9. The van der Waals surface area contributed by atoms with Crippen molar-refractivity contribution in [2.45, 2.75) is 58.9 Å². The summed E-state index contributed by atoms with van der Waals surface area (Å²) in [6.45, 7) is 5.03. The topological polar surface area (TPSA) is 71.3 Å². The number of nitrogens with one attached hydrogen (secondary N) is 1. The first-order valence-electron chi connectivity index (χ1n) is 9.20. The van der Waals surface area contributed by atoms with E-state index < -0.39 is 0 Å². The number of carbonyl (C=O) groups excluding carboxylic acids is 2. The van der Waals surface area contributed by atoms with Gasteiger partial charge in [-0.2, -0.15) is 0 Å². The second kappa shape index (κ2) is 7.27. The minimum Gasteiger partial charge on any atom is -0.344 e. The van der Waals surface area contributed by atoms with Gasteiger partial charge in [0.05, 0.1) is 0 Å². The van der Waals surface area contributed by atoms with E-state index in [9.17, 15) is 9.59 Å². The summed E-state index contributed by atoms with van der Waals surface area (Å²) in [5.74, 6) is -0.157. The fourth-order valence-corrected chi connectivity index (χ4v) is 4.06. The highest BCUT2D eigenvalue weighted by Gasteiger charge is 2.35. The van der Waals surface area contributed by atoms with E-state index in [4.69, 9.17) is 13.1 Å². The van der Waals surface area contributed by atoms with Crippen molar-refractivity contribution in [3.63, 3.8) is 0 Å². The van der Waals surface area contributed by atoms with Gasteiger partial charge in [0, 0.05) is 41.5 Å². The number of rotatable bonds is 6. The summed E-state index contributed by atoms with van der Waals surface area (Å²) in [7, 11) is 6.26. The number of amides is 1. The molecule has 1 amide bonds. The third-order valence-corrected chi connectivity index (χ3v) is 5.20. The molecule has 0 fully saturated rings. The van der Waals surface area contributed by atoms with E-state index in [2.05, 4.69) is 18.4 Å². The minimum atomic E-state index is -0.356. The maximum atomic E-state index is 12.8. The summed E-state index contributed by atoms with van der Waals surface area (Å²) in [5.41, 5.74) is 5.19. The van der Waals surface area contributed by atoms with Crippen LogP contribution in [0.25, 0.3) is 10.9 Å². The highest BCUT2D eigenvalue weighted by molar-refractivity contribution is 6.39. The van der Waals surface area contributed by atoms with Crippen molar-refractivity contribution in [3.8, 4) is 0 Å². The Morgan fingerprint density at radius 1 is 1.27 bits per heavy atom. The van der Waals surface area contributed by atoms with Crippen molar-refractivity contribution in [2.75, 3.05) is 0 Å². The van der Waals surface area contributed by atoms with Crippen LogP contribution in [0.15, 0.2) is 18.2 Å². The maximum absolute atomic E-state index is 12.8. The van der Waals surface area contributed by atoms with Crippen LogP contribution in [-0.4, -0.2) is 29.3 Å². The highest BCUT2D eigenvalue weighted by Crippen LogP contribution is 2.39. The van der Waals surface area contributed by atoms with Gasteiger partial charge in [0.2, 0.25) is 5.91 Å². The van der Waals surface area contributed by atoms with Gasteiger partial charge in [-0.05, 0) is 24.7 Å². The number of benzene rings is 1. The molecule has 1 aliphatic rings. The number of aryl methyl sites for hydroxylation is 1. The molecule has 0 spiro atoms. The summed E-state index contributed by atoms with van der Waals surface area (Å²) >= 11 is 0. The van der Waals surface area contributed by atoms with Gasteiger partial charge in [-0.15, -0.1) is 0 Å². The molecule has 0 saturated carbocycles. The Labute approximate surface area is 155 Å². The van der Waals surface area contributed by atoms with E-state index in [0.29, 0.717) is 24.7 Å². The molecule has 2 N–H and O–H groups in total. The number of hydroxylamine groups is 1. The summed E-state index contributed by atoms with van der Waals surface area (Å²) in [5, 5.41) is 9.51. The molecular weight excluding hydrogens is 327 g/mol. The van der Waals surface area contributed by atoms with E-state index in [1.807, 2.05) is 18.2 Å². The number of aromatic nitrogens is 1. The van der Waals surface area contributed by atoms with Gasteiger partial charge in [0.15, 0.2) is 5.78 Å². The van der Waals surface area contributed by atoms with E-state index in [1.165, 1.54) is 0 Å². The molecule has 2 aromatic rings. The van der Waals surface area contributed by atoms with Gasteiger partial charge in [-0.25, -0.2) is 5.48 Å². The number of unbranched alkanes of at least 4 members (excludes halogenated alkanes) is 2. The molecule has 6 heteroatoms. The van der Waals surface area contributed by atoms with E-state index in [-0.39, 0.29) is 17.1 Å². The number of ketones is 1. The van der Waals surface area contributed by atoms with Crippen LogP contribution < -0.4 is 10.9 Å². The van der Waals surface area contributed by atoms with Crippen LogP contribution in [0.1, 0.15) is 62.0 Å². The van der Waals surface area contributed by atoms with Gasteiger partial charge in [0.1, 0.15) is 7.85 Å². The Balaban J connectivity index is 1.89. The zero-order valence-corrected chi connectivity index (χ0v) is 15.5. The second-order valence-electron chi connectivity index (χ2n) is 8.00. The van der Waals surface area contributed by atoms with E-state index >= 15 is 0 Å². The molecule has 1 aromatic carbocycles. The minimum absolute atomic E-state index is 0.0514. The lowest BCUT2D eigenvalue weighted by Crippen LogP contribution is -2.28. The second-order valence-corrected chi connectivity index (χ2v) is 8.00. The predicted molar refractivity (Wildman–Crippen MR) is 102 cm³/mol. The fraction of sp³-hybridized carbons (Fsp3) is 0.500.